The minimum Gasteiger partial charge on any atom is -0.497 e. The highest BCUT2D eigenvalue weighted by Crippen LogP contribution is 2.30. The summed E-state index contributed by atoms with van der Waals surface area (Å²) in [5.74, 6) is 2.73. The molecule has 5 aromatic rings. The predicted octanol–water partition coefficient (Wildman–Crippen LogP) is 5.41. The number of piperazine rings is 1. The Morgan fingerprint density at radius 2 is 1.32 bits per heavy atom. The van der Waals surface area contributed by atoms with Gasteiger partial charge in [-0.15, -0.1) is 0 Å². The Labute approximate surface area is 216 Å². The molecule has 0 aliphatic carbocycles. The van der Waals surface area contributed by atoms with Gasteiger partial charge in [0.25, 0.3) is 0 Å². The Morgan fingerprint density at radius 1 is 0.622 bits per heavy atom. The fourth-order valence-corrected chi connectivity index (χ4v) is 4.85. The number of hydrogen-bond donors (Lipinski definition) is 0. The first-order valence-corrected chi connectivity index (χ1v) is 12.5. The number of ether oxygens (including phenoxy) is 2. The van der Waals surface area contributed by atoms with E-state index in [-0.39, 0.29) is 0 Å². The Bertz CT molecular complexity index is 1510. The van der Waals surface area contributed by atoms with Crippen molar-refractivity contribution in [2.75, 3.05) is 50.2 Å². The van der Waals surface area contributed by atoms with Crippen LogP contribution in [-0.4, -0.2) is 55.0 Å². The second kappa shape index (κ2) is 9.85. The number of anilines is 2. The zero-order valence-electron chi connectivity index (χ0n) is 21.0. The van der Waals surface area contributed by atoms with Crippen molar-refractivity contribution < 1.29 is 9.47 Å². The van der Waals surface area contributed by atoms with Crippen LogP contribution in [0.2, 0.25) is 0 Å². The molecule has 0 saturated carbocycles. The van der Waals surface area contributed by atoms with Gasteiger partial charge in [-0.05, 0) is 36.4 Å². The molecule has 0 bridgehead atoms. The van der Waals surface area contributed by atoms with E-state index in [9.17, 15) is 0 Å². The molecule has 1 fully saturated rings. The van der Waals surface area contributed by atoms with Gasteiger partial charge in [0.1, 0.15) is 17.3 Å². The molecule has 1 saturated heterocycles. The highest BCUT2D eigenvalue weighted by molar-refractivity contribution is 5.71. The number of aromatic nitrogens is 3. The Kier molecular flexibility index (Phi) is 6.10. The SMILES string of the molecule is COc1ccc(N2CCN(c3cc(-c4ccccc4)nc4cc(-c5cccc(OC)c5)nn34)CC2)cc1. The summed E-state index contributed by atoms with van der Waals surface area (Å²) in [4.78, 5) is 9.81. The van der Waals surface area contributed by atoms with E-state index >= 15 is 0 Å². The van der Waals surface area contributed by atoms with Crippen LogP contribution in [0, 0.1) is 0 Å². The van der Waals surface area contributed by atoms with Crippen molar-refractivity contribution in [1.29, 1.82) is 0 Å². The number of hydrogen-bond acceptors (Lipinski definition) is 6. The average Bonchev–Trinajstić information content (AvgIpc) is 3.42. The van der Waals surface area contributed by atoms with E-state index in [4.69, 9.17) is 19.6 Å². The molecule has 1 aliphatic heterocycles. The maximum Gasteiger partial charge on any atom is 0.158 e. The largest absolute Gasteiger partial charge is 0.497 e. The molecule has 6 rings (SSSR count). The van der Waals surface area contributed by atoms with Crippen molar-refractivity contribution in [3.05, 3.63) is 91.0 Å². The third-order valence-corrected chi connectivity index (χ3v) is 6.88. The van der Waals surface area contributed by atoms with Crippen molar-refractivity contribution in [2.45, 2.75) is 0 Å². The van der Waals surface area contributed by atoms with Crippen LogP contribution in [0.1, 0.15) is 0 Å². The van der Waals surface area contributed by atoms with Gasteiger partial charge in [0.15, 0.2) is 5.65 Å². The molecule has 0 radical (unpaired) electrons. The Morgan fingerprint density at radius 3 is 2.05 bits per heavy atom. The second-order valence-corrected chi connectivity index (χ2v) is 9.07. The lowest BCUT2D eigenvalue weighted by atomic mass is 10.1. The zero-order valence-corrected chi connectivity index (χ0v) is 21.0. The van der Waals surface area contributed by atoms with Gasteiger partial charge in [0.2, 0.25) is 0 Å². The highest BCUT2D eigenvalue weighted by atomic mass is 16.5. The molecule has 2 aromatic heterocycles. The van der Waals surface area contributed by atoms with Crippen LogP contribution in [-0.2, 0) is 0 Å². The van der Waals surface area contributed by atoms with Gasteiger partial charge >= 0.3 is 0 Å². The van der Waals surface area contributed by atoms with Crippen molar-refractivity contribution in [3.63, 3.8) is 0 Å². The summed E-state index contributed by atoms with van der Waals surface area (Å²) in [5, 5.41) is 4.99. The van der Waals surface area contributed by atoms with Crippen LogP contribution in [0.4, 0.5) is 11.5 Å². The third-order valence-electron chi connectivity index (χ3n) is 6.88. The lowest BCUT2D eigenvalue weighted by Crippen LogP contribution is -2.47. The molecule has 0 unspecified atom stereocenters. The van der Waals surface area contributed by atoms with E-state index in [0.29, 0.717) is 0 Å². The standard InChI is InChI=1S/C30H29N5O2/c1-36-25-13-11-24(12-14-25)33-15-17-34(18-16-33)30-21-27(22-7-4-3-5-8-22)31-29-20-28(32-35(29)30)23-9-6-10-26(19-23)37-2/h3-14,19-21H,15-18H2,1-2H3. The predicted molar refractivity (Wildman–Crippen MR) is 148 cm³/mol. The van der Waals surface area contributed by atoms with Crippen molar-refractivity contribution in [2.24, 2.45) is 0 Å². The van der Waals surface area contributed by atoms with E-state index in [1.165, 1.54) is 5.69 Å². The molecule has 186 valence electrons. The molecule has 7 heteroatoms. The number of methoxy groups -OCH3 is 2. The van der Waals surface area contributed by atoms with Crippen LogP contribution in [0.5, 0.6) is 11.5 Å². The summed E-state index contributed by atoms with van der Waals surface area (Å²) in [5.41, 5.74) is 5.94. The quantitative estimate of drug-likeness (QED) is 0.317. The number of fused-ring (bicyclic) bond motifs is 1. The fraction of sp³-hybridized carbons (Fsp3) is 0.200. The number of rotatable bonds is 6. The molecule has 7 nitrogen and oxygen atoms in total. The minimum atomic E-state index is 0.808. The lowest BCUT2D eigenvalue weighted by Gasteiger charge is -2.37. The summed E-state index contributed by atoms with van der Waals surface area (Å²) in [6.07, 6.45) is 0. The maximum atomic E-state index is 5.44. The van der Waals surface area contributed by atoms with Crippen LogP contribution < -0.4 is 19.3 Å². The van der Waals surface area contributed by atoms with Crippen molar-refractivity contribution >= 4 is 17.2 Å². The Hall–Kier alpha value is -4.52. The topological polar surface area (TPSA) is 55.1 Å². The number of benzene rings is 3. The highest BCUT2D eigenvalue weighted by Gasteiger charge is 2.22. The van der Waals surface area contributed by atoms with Gasteiger partial charge in [-0.3, -0.25) is 0 Å². The summed E-state index contributed by atoms with van der Waals surface area (Å²) in [6.45, 7) is 3.60. The van der Waals surface area contributed by atoms with E-state index in [0.717, 1.165) is 71.7 Å². The number of nitrogens with zero attached hydrogens (tertiary/aromatic N) is 5. The molecule has 0 spiro atoms. The molecule has 0 N–H and O–H groups in total. The minimum absolute atomic E-state index is 0.808. The average molecular weight is 492 g/mol. The van der Waals surface area contributed by atoms with E-state index in [1.807, 2.05) is 53.0 Å². The van der Waals surface area contributed by atoms with Gasteiger partial charge in [0, 0.05) is 55.1 Å². The first kappa shape index (κ1) is 22.9. The maximum absolute atomic E-state index is 5.44. The van der Waals surface area contributed by atoms with Crippen LogP contribution in [0.25, 0.3) is 28.2 Å². The van der Waals surface area contributed by atoms with Crippen LogP contribution >= 0.6 is 0 Å². The summed E-state index contributed by atoms with van der Waals surface area (Å²) >= 11 is 0. The van der Waals surface area contributed by atoms with E-state index in [2.05, 4.69) is 52.3 Å². The molecule has 3 heterocycles. The van der Waals surface area contributed by atoms with Gasteiger partial charge in [-0.25, -0.2) is 4.98 Å². The normalized spacial score (nSPS) is 13.7. The van der Waals surface area contributed by atoms with Crippen molar-refractivity contribution in [1.82, 2.24) is 14.6 Å². The van der Waals surface area contributed by atoms with Crippen LogP contribution in [0.15, 0.2) is 91.0 Å². The molecular formula is C30H29N5O2. The van der Waals surface area contributed by atoms with Gasteiger partial charge in [-0.1, -0.05) is 42.5 Å². The van der Waals surface area contributed by atoms with Gasteiger partial charge in [-0.2, -0.15) is 9.61 Å². The van der Waals surface area contributed by atoms with Gasteiger partial charge < -0.3 is 19.3 Å². The first-order valence-electron chi connectivity index (χ1n) is 12.5. The van der Waals surface area contributed by atoms with E-state index < -0.39 is 0 Å². The zero-order chi connectivity index (χ0) is 25.2. The molecule has 3 aromatic carbocycles. The first-order chi connectivity index (χ1) is 18.2. The molecular weight excluding hydrogens is 462 g/mol. The molecule has 0 amide bonds. The van der Waals surface area contributed by atoms with Crippen LogP contribution in [0.3, 0.4) is 0 Å². The lowest BCUT2D eigenvalue weighted by molar-refractivity contribution is 0.414. The van der Waals surface area contributed by atoms with Crippen molar-refractivity contribution in [3.8, 4) is 34.0 Å². The third kappa shape index (κ3) is 4.56. The molecule has 1 aliphatic rings. The summed E-state index contributed by atoms with van der Waals surface area (Å²) in [6, 6.07) is 30.8. The molecule has 0 atom stereocenters. The summed E-state index contributed by atoms with van der Waals surface area (Å²) < 4.78 is 12.7. The smallest absolute Gasteiger partial charge is 0.158 e. The summed E-state index contributed by atoms with van der Waals surface area (Å²) in [7, 11) is 3.38. The Balaban J connectivity index is 1.36. The fourth-order valence-electron chi connectivity index (χ4n) is 4.85. The molecule has 37 heavy (non-hydrogen) atoms. The second-order valence-electron chi connectivity index (χ2n) is 9.07. The van der Waals surface area contributed by atoms with E-state index in [1.54, 1.807) is 14.2 Å². The monoisotopic (exact) mass is 491 g/mol. The van der Waals surface area contributed by atoms with Gasteiger partial charge in [0.05, 0.1) is 25.6 Å².